The van der Waals surface area contributed by atoms with Crippen LogP contribution >= 0.6 is 0 Å². The molecule has 2 aromatic carbocycles. The van der Waals surface area contributed by atoms with Gasteiger partial charge in [-0.2, -0.15) is 0 Å². The van der Waals surface area contributed by atoms with Crippen molar-refractivity contribution in [3.8, 4) is 11.4 Å². The molecule has 5 rings (SSSR count). The molecule has 1 saturated heterocycles. The fourth-order valence-corrected chi connectivity index (χ4v) is 4.97. The molecule has 2 heterocycles. The number of nitrogens with one attached hydrogen (secondary N) is 2. The zero-order valence-corrected chi connectivity index (χ0v) is 20.6. The third-order valence-corrected chi connectivity index (χ3v) is 7.02. The summed E-state index contributed by atoms with van der Waals surface area (Å²) < 4.78 is 15.0. The molecule has 2 aliphatic rings. The van der Waals surface area contributed by atoms with Gasteiger partial charge in [-0.3, -0.25) is 0 Å². The molecule has 1 aliphatic carbocycles. The monoisotopic (exact) mass is 491 g/mol. The molecule has 0 spiro atoms. The van der Waals surface area contributed by atoms with Gasteiger partial charge >= 0.3 is 6.03 Å². The van der Waals surface area contributed by atoms with Gasteiger partial charge in [0.05, 0.1) is 0 Å². The van der Waals surface area contributed by atoms with Gasteiger partial charge in [0.15, 0.2) is 5.82 Å². The van der Waals surface area contributed by atoms with Gasteiger partial charge in [0.2, 0.25) is 0 Å². The number of halogens is 1. The van der Waals surface area contributed by atoms with Crippen LogP contribution in [0.5, 0.6) is 0 Å². The van der Waals surface area contributed by atoms with Gasteiger partial charge in [0.25, 0.3) is 0 Å². The van der Waals surface area contributed by atoms with Gasteiger partial charge in [-0.25, -0.2) is 13.9 Å². The zero-order chi connectivity index (χ0) is 24.7. The van der Waals surface area contributed by atoms with E-state index in [1.165, 1.54) is 31.2 Å². The fourth-order valence-electron chi connectivity index (χ4n) is 4.97. The van der Waals surface area contributed by atoms with Crippen LogP contribution in [0.3, 0.4) is 0 Å². The molecule has 2 N–H and O–H groups in total. The number of tetrazole rings is 1. The van der Waals surface area contributed by atoms with Crippen LogP contribution in [-0.4, -0.2) is 57.3 Å². The highest BCUT2D eigenvalue weighted by atomic mass is 19.1. The molecular formula is C27H34FN7O. The second kappa shape index (κ2) is 11.6. The minimum Gasteiger partial charge on any atom is -0.338 e. The Morgan fingerprint density at radius 3 is 2.78 bits per heavy atom. The van der Waals surface area contributed by atoms with Crippen LogP contribution in [0, 0.1) is 17.7 Å². The lowest BCUT2D eigenvalue weighted by Gasteiger charge is -2.32. The van der Waals surface area contributed by atoms with Crippen molar-refractivity contribution in [2.45, 2.75) is 45.1 Å². The Hall–Kier alpha value is -3.33. The van der Waals surface area contributed by atoms with E-state index < -0.39 is 0 Å². The number of amides is 2. The molecule has 8 nitrogen and oxygen atoms in total. The number of likely N-dealkylation sites (tertiary alicyclic amines) is 1. The Bertz CT molecular complexity index is 1150. The van der Waals surface area contributed by atoms with Crippen LogP contribution in [0.25, 0.3) is 11.4 Å². The highest BCUT2D eigenvalue weighted by molar-refractivity contribution is 5.89. The molecular weight excluding hydrogens is 457 g/mol. The van der Waals surface area contributed by atoms with E-state index in [1.807, 2.05) is 41.1 Å². The second-order valence-corrected chi connectivity index (χ2v) is 10.1. The van der Waals surface area contributed by atoms with Gasteiger partial charge in [-0.15, -0.1) is 5.10 Å². The molecule has 190 valence electrons. The molecule has 2 amide bonds. The summed E-state index contributed by atoms with van der Waals surface area (Å²) >= 11 is 0. The van der Waals surface area contributed by atoms with Crippen LogP contribution in [0.2, 0.25) is 0 Å². The Balaban J connectivity index is 1.04. The van der Waals surface area contributed by atoms with E-state index in [-0.39, 0.29) is 11.8 Å². The first kappa shape index (κ1) is 24.4. The number of aromatic nitrogens is 4. The van der Waals surface area contributed by atoms with E-state index in [4.69, 9.17) is 0 Å². The summed E-state index contributed by atoms with van der Waals surface area (Å²) in [5.74, 6) is 1.81. The quantitative estimate of drug-likeness (QED) is 0.412. The highest BCUT2D eigenvalue weighted by Crippen LogP contribution is 2.31. The van der Waals surface area contributed by atoms with Gasteiger partial charge in [0.1, 0.15) is 5.82 Å². The molecule has 2 fully saturated rings. The van der Waals surface area contributed by atoms with Gasteiger partial charge in [0, 0.05) is 30.9 Å². The van der Waals surface area contributed by atoms with Crippen LogP contribution in [0.15, 0.2) is 48.5 Å². The second-order valence-electron chi connectivity index (χ2n) is 10.1. The predicted octanol–water partition coefficient (Wildman–Crippen LogP) is 4.36. The van der Waals surface area contributed by atoms with Crippen molar-refractivity contribution >= 4 is 11.7 Å². The number of hydrogen-bond acceptors (Lipinski definition) is 5. The van der Waals surface area contributed by atoms with Crippen LogP contribution in [-0.2, 0) is 13.0 Å². The van der Waals surface area contributed by atoms with E-state index in [0.29, 0.717) is 24.1 Å². The largest absolute Gasteiger partial charge is 0.338 e. The Morgan fingerprint density at radius 1 is 1.08 bits per heavy atom. The number of carbonyl (C=O) groups is 1. The molecule has 1 atom stereocenters. The minimum atomic E-state index is -0.211. The summed E-state index contributed by atoms with van der Waals surface area (Å²) in [6, 6.07) is 14.3. The van der Waals surface area contributed by atoms with Crippen LogP contribution in [0.1, 0.15) is 37.7 Å². The SMILES string of the molecule is O=C(NCCCN1CCC[C@@H](Cc2ccc(F)cc2)C1)Nc1cccc(-c2nnnn2CC2CC2)c1. The summed E-state index contributed by atoms with van der Waals surface area (Å²) in [7, 11) is 0. The zero-order valence-electron chi connectivity index (χ0n) is 20.6. The van der Waals surface area contributed by atoms with E-state index in [9.17, 15) is 9.18 Å². The molecule has 1 aliphatic heterocycles. The first-order valence-electron chi connectivity index (χ1n) is 13.0. The van der Waals surface area contributed by atoms with Gasteiger partial charge < -0.3 is 15.5 Å². The van der Waals surface area contributed by atoms with Crippen molar-refractivity contribution in [1.82, 2.24) is 30.4 Å². The summed E-state index contributed by atoms with van der Waals surface area (Å²) in [4.78, 5) is 14.9. The summed E-state index contributed by atoms with van der Waals surface area (Å²) in [6.07, 6.45) is 6.74. The van der Waals surface area contributed by atoms with Crippen molar-refractivity contribution in [2.75, 3.05) is 31.5 Å². The maximum Gasteiger partial charge on any atom is 0.319 e. The highest BCUT2D eigenvalue weighted by Gasteiger charge is 2.24. The van der Waals surface area contributed by atoms with Crippen molar-refractivity contribution in [2.24, 2.45) is 11.8 Å². The minimum absolute atomic E-state index is 0.182. The lowest BCUT2D eigenvalue weighted by atomic mass is 9.91. The molecule has 3 aromatic rings. The van der Waals surface area contributed by atoms with E-state index in [2.05, 4.69) is 31.1 Å². The number of hydrogen-bond donors (Lipinski definition) is 2. The average Bonchev–Trinajstić information content (AvgIpc) is 3.58. The van der Waals surface area contributed by atoms with E-state index in [1.54, 1.807) is 12.1 Å². The molecule has 0 bridgehead atoms. The third-order valence-electron chi connectivity index (χ3n) is 7.02. The molecule has 0 unspecified atom stereocenters. The number of piperidine rings is 1. The normalized spacial score (nSPS) is 18.2. The van der Waals surface area contributed by atoms with Crippen LogP contribution < -0.4 is 10.6 Å². The fraction of sp³-hybridized carbons (Fsp3) is 0.481. The summed E-state index contributed by atoms with van der Waals surface area (Å²) in [5.41, 5.74) is 2.80. The van der Waals surface area contributed by atoms with Crippen molar-refractivity contribution in [1.29, 1.82) is 0 Å². The molecule has 1 saturated carbocycles. The van der Waals surface area contributed by atoms with E-state index in [0.717, 1.165) is 50.4 Å². The smallest absolute Gasteiger partial charge is 0.319 e. The number of nitrogens with zero attached hydrogens (tertiary/aromatic N) is 5. The summed E-state index contributed by atoms with van der Waals surface area (Å²) in [5, 5.41) is 18.0. The predicted molar refractivity (Wildman–Crippen MR) is 137 cm³/mol. The van der Waals surface area contributed by atoms with Crippen LogP contribution in [0.4, 0.5) is 14.9 Å². The van der Waals surface area contributed by atoms with Gasteiger partial charge in [-0.1, -0.05) is 24.3 Å². The first-order chi connectivity index (χ1) is 17.6. The topological polar surface area (TPSA) is 88.0 Å². The molecule has 1 aromatic heterocycles. The van der Waals surface area contributed by atoms with E-state index >= 15 is 0 Å². The average molecular weight is 492 g/mol. The molecule has 36 heavy (non-hydrogen) atoms. The Kier molecular flexibility index (Phi) is 7.85. The molecule has 9 heteroatoms. The maximum absolute atomic E-state index is 13.2. The number of urea groups is 1. The van der Waals surface area contributed by atoms with Crippen molar-refractivity contribution < 1.29 is 9.18 Å². The lowest BCUT2D eigenvalue weighted by molar-refractivity contribution is 0.172. The number of carbonyl (C=O) groups excluding carboxylic acids is 1. The Labute approximate surface area is 211 Å². The number of rotatable bonds is 10. The third kappa shape index (κ3) is 6.87. The van der Waals surface area contributed by atoms with Gasteiger partial charge in [-0.05, 0) is 104 Å². The summed E-state index contributed by atoms with van der Waals surface area (Å²) in [6.45, 7) is 4.56. The Morgan fingerprint density at radius 2 is 1.94 bits per heavy atom. The number of benzene rings is 2. The molecule has 0 radical (unpaired) electrons. The standard InChI is InChI=1S/C27H34FN7O/c28-24-11-9-20(10-12-24)16-22-4-2-14-34(18-22)15-3-13-29-27(36)30-25-6-1-5-23(17-25)26-31-32-33-35(26)19-21-7-8-21/h1,5-6,9-12,17,21-22H,2-4,7-8,13-16,18-19H2,(H2,29,30,36)/t22-/m0/s1. The first-order valence-corrected chi connectivity index (χ1v) is 13.0. The maximum atomic E-state index is 13.2. The van der Waals surface area contributed by atoms with Crippen molar-refractivity contribution in [3.63, 3.8) is 0 Å². The van der Waals surface area contributed by atoms with Crippen molar-refractivity contribution in [3.05, 3.63) is 59.9 Å². The lowest BCUT2D eigenvalue weighted by Crippen LogP contribution is -2.38. The number of anilines is 1.